The summed E-state index contributed by atoms with van der Waals surface area (Å²) in [6, 6.07) is 2.59. The first kappa shape index (κ1) is 15.5. The molecule has 1 aromatic rings. The molecule has 3 rings (SSSR count). The zero-order valence-electron chi connectivity index (χ0n) is 13.2. The van der Waals surface area contributed by atoms with Crippen molar-refractivity contribution in [2.24, 2.45) is 0 Å². The standard InChI is InChI=1S/C15H22N6S/c1-20-7-8-21(10-11(20)3-5-16)14-12-4-6-17-9-13(12)18-15(19-14)22-2/h11,17H,3-4,6-10H2,1-2H3/t11-/m0/s1. The fourth-order valence-electron chi connectivity index (χ4n) is 3.13. The maximum atomic E-state index is 9.03. The topological polar surface area (TPSA) is 68.1 Å². The van der Waals surface area contributed by atoms with Crippen LogP contribution >= 0.6 is 11.8 Å². The van der Waals surface area contributed by atoms with Gasteiger partial charge in [-0.05, 0) is 26.3 Å². The van der Waals surface area contributed by atoms with Crippen molar-refractivity contribution in [3.05, 3.63) is 11.3 Å². The van der Waals surface area contributed by atoms with E-state index >= 15 is 0 Å². The fraction of sp³-hybridized carbons (Fsp3) is 0.667. The molecule has 3 heterocycles. The Hall–Kier alpha value is -1.36. The van der Waals surface area contributed by atoms with Crippen molar-refractivity contribution < 1.29 is 0 Å². The highest BCUT2D eigenvalue weighted by Gasteiger charge is 2.28. The number of aromatic nitrogens is 2. The number of nitriles is 1. The normalized spacial score (nSPS) is 22.2. The highest BCUT2D eigenvalue weighted by molar-refractivity contribution is 7.98. The first-order valence-electron chi connectivity index (χ1n) is 7.69. The van der Waals surface area contributed by atoms with Crippen molar-refractivity contribution in [1.82, 2.24) is 20.2 Å². The molecule has 0 bridgehead atoms. The van der Waals surface area contributed by atoms with E-state index in [4.69, 9.17) is 10.2 Å². The second kappa shape index (κ2) is 6.82. The molecule has 7 heteroatoms. The van der Waals surface area contributed by atoms with E-state index in [2.05, 4.69) is 33.2 Å². The number of likely N-dealkylation sites (N-methyl/N-ethyl adjacent to an activating group) is 1. The summed E-state index contributed by atoms with van der Waals surface area (Å²) in [6.07, 6.45) is 3.57. The number of hydrogen-bond donors (Lipinski definition) is 1. The highest BCUT2D eigenvalue weighted by atomic mass is 32.2. The van der Waals surface area contributed by atoms with Crippen LogP contribution in [0, 0.1) is 11.3 Å². The molecule has 1 N–H and O–H groups in total. The lowest BCUT2D eigenvalue weighted by molar-refractivity contribution is 0.220. The first-order chi connectivity index (χ1) is 10.7. The van der Waals surface area contributed by atoms with Gasteiger partial charge in [-0.25, -0.2) is 9.97 Å². The van der Waals surface area contributed by atoms with E-state index in [-0.39, 0.29) is 6.04 Å². The zero-order valence-corrected chi connectivity index (χ0v) is 14.0. The smallest absolute Gasteiger partial charge is 0.189 e. The minimum Gasteiger partial charge on any atom is -0.353 e. The zero-order chi connectivity index (χ0) is 15.5. The number of rotatable bonds is 3. The van der Waals surface area contributed by atoms with Crippen molar-refractivity contribution in [2.75, 3.05) is 44.4 Å². The molecule has 1 fully saturated rings. The van der Waals surface area contributed by atoms with E-state index in [0.717, 1.165) is 55.8 Å². The van der Waals surface area contributed by atoms with E-state index in [9.17, 15) is 0 Å². The van der Waals surface area contributed by atoms with Gasteiger partial charge in [0.2, 0.25) is 0 Å². The highest BCUT2D eigenvalue weighted by Crippen LogP contribution is 2.28. The summed E-state index contributed by atoms with van der Waals surface area (Å²) >= 11 is 1.59. The second-order valence-electron chi connectivity index (χ2n) is 5.83. The summed E-state index contributed by atoms with van der Waals surface area (Å²) in [5.74, 6) is 1.09. The lowest BCUT2D eigenvalue weighted by Gasteiger charge is -2.40. The Labute approximate surface area is 135 Å². The van der Waals surface area contributed by atoms with Gasteiger partial charge in [-0.3, -0.25) is 4.90 Å². The van der Waals surface area contributed by atoms with Gasteiger partial charge in [0.15, 0.2) is 5.16 Å². The van der Waals surface area contributed by atoms with Crippen LogP contribution in [0.4, 0.5) is 5.82 Å². The summed E-state index contributed by atoms with van der Waals surface area (Å²) in [4.78, 5) is 14.1. The Bertz CT molecular complexity index is 584. The van der Waals surface area contributed by atoms with Gasteiger partial charge < -0.3 is 10.2 Å². The summed E-state index contributed by atoms with van der Waals surface area (Å²) in [5, 5.41) is 13.3. The summed E-state index contributed by atoms with van der Waals surface area (Å²) in [5.41, 5.74) is 2.42. The predicted octanol–water partition coefficient (Wildman–Crippen LogP) is 0.878. The summed E-state index contributed by atoms with van der Waals surface area (Å²) in [7, 11) is 2.10. The maximum absolute atomic E-state index is 9.03. The van der Waals surface area contributed by atoms with E-state index in [0.29, 0.717) is 6.42 Å². The lowest BCUT2D eigenvalue weighted by Crippen LogP contribution is -2.52. The molecule has 22 heavy (non-hydrogen) atoms. The van der Waals surface area contributed by atoms with Gasteiger partial charge in [-0.1, -0.05) is 11.8 Å². The minimum atomic E-state index is 0.281. The molecule has 0 aromatic carbocycles. The third-order valence-corrected chi connectivity index (χ3v) is 5.03. The molecule has 0 unspecified atom stereocenters. The third kappa shape index (κ3) is 3.05. The quantitative estimate of drug-likeness (QED) is 0.655. The van der Waals surface area contributed by atoms with E-state index < -0.39 is 0 Å². The number of anilines is 1. The van der Waals surface area contributed by atoms with Gasteiger partial charge in [0.05, 0.1) is 18.2 Å². The van der Waals surface area contributed by atoms with Crippen molar-refractivity contribution in [3.63, 3.8) is 0 Å². The molecule has 1 saturated heterocycles. The van der Waals surface area contributed by atoms with Gasteiger partial charge in [-0.2, -0.15) is 5.26 Å². The van der Waals surface area contributed by atoms with Gasteiger partial charge in [0.1, 0.15) is 5.82 Å². The molecule has 2 aliphatic rings. The molecule has 118 valence electrons. The molecular formula is C15H22N6S. The minimum absolute atomic E-state index is 0.281. The van der Waals surface area contributed by atoms with E-state index in [1.165, 1.54) is 5.56 Å². The van der Waals surface area contributed by atoms with Crippen LogP contribution in [0.2, 0.25) is 0 Å². The van der Waals surface area contributed by atoms with Gasteiger partial charge in [0, 0.05) is 37.8 Å². The molecule has 0 amide bonds. The Morgan fingerprint density at radius 2 is 2.27 bits per heavy atom. The number of piperazine rings is 1. The first-order valence-corrected chi connectivity index (χ1v) is 8.92. The second-order valence-corrected chi connectivity index (χ2v) is 6.60. The van der Waals surface area contributed by atoms with Crippen LogP contribution in [0.5, 0.6) is 0 Å². The largest absolute Gasteiger partial charge is 0.353 e. The van der Waals surface area contributed by atoms with Crippen LogP contribution < -0.4 is 10.2 Å². The average molecular weight is 318 g/mol. The van der Waals surface area contributed by atoms with Crippen molar-refractivity contribution in [3.8, 4) is 6.07 Å². The number of fused-ring (bicyclic) bond motifs is 1. The van der Waals surface area contributed by atoms with Crippen LogP contribution in [-0.4, -0.2) is 60.4 Å². The third-order valence-electron chi connectivity index (χ3n) is 4.48. The monoisotopic (exact) mass is 318 g/mol. The average Bonchev–Trinajstić information content (AvgIpc) is 2.56. The molecule has 6 nitrogen and oxygen atoms in total. The predicted molar refractivity (Wildman–Crippen MR) is 88.1 cm³/mol. The van der Waals surface area contributed by atoms with Gasteiger partial charge >= 0.3 is 0 Å². The molecule has 0 aliphatic carbocycles. The summed E-state index contributed by atoms with van der Waals surface area (Å²) < 4.78 is 0. The molecule has 2 aliphatic heterocycles. The van der Waals surface area contributed by atoms with Gasteiger partial charge in [-0.15, -0.1) is 0 Å². The maximum Gasteiger partial charge on any atom is 0.189 e. The molecular weight excluding hydrogens is 296 g/mol. The Kier molecular flexibility index (Phi) is 4.81. The van der Waals surface area contributed by atoms with Crippen LogP contribution in [0.3, 0.4) is 0 Å². The van der Waals surface area contributed by atoms with Crippen LogP contribution in [0.1, 0.15) is 17.7 Å². The van der Waals surface area contributed by atoms with Crippen LogP contribution in [-0.2, 0) is 13.0 Å². The van der Waals surface area contributed by atoms with Crippen molar-refractivity contribution >= 4 is 17.6 Å². The lowest BCUT2D eigenvalue weighted by atomic mass is 10.0. The number of nitrogens with zero attached hydrogens (tertiary/aromatic N) is 5. The molecule has 0 spiro atoms. The van der Waals surface area contributed by atoms with E-state index in [1.807, 2.05) is 6.26 Å². The van der Waals surface area contributed by atoms with Crippen LogP contribution in [0.25, 0.3) is 0 Å². The van der Waals surface area contributed by atoms with Crippen molar-refractivity contribution in [1.29, 1.82) is 5.26 Å². The Balaban J connectivity index is 1.92. The number of hydrogen-bond acceptors (Lipinski definition) is 7. The Morgan fingerprint density at radius 1 is 1.41 bits per heavy atom. The SMILES string of the molecule is CSc1nc2c(c(N3CCN(C)[C@@H](CC#N)C3)n1)CCNC2. The Morgan fingerprint density at radius 3 is 3.05 bits per heavy atom. The van der Waals surface area contributed by atoms with Gasteiger partial charge in [0.25, 0.3) is 0 Å². The summed E-state index contributed by atoms with van der Waals surface area (Å²) in [6.45, 7) is 4.61. The molecule has 1 atom stereocenters. The van der Waals surface area contributed by atoms with Crippen molar-refractivity contribution in [2.45, 2.75) is 30.6 Å². The van der Waals surface area contributed by atoms with E-state index in [1.54, 1.807) is 11.8 Å². The molecule has 0 saturated carbocycles. The number of nitrogens with one attached hydrogen (secondary N) is 1. The fourth-order valence-corrected chi connectivity index (χ4v) is 3.51. The van der Waals surface area contributed by atoms with Crippen LogP contribution in [0.15, 0.2) is 5.16 Å². The number of thioether (sulfide) groups is 1. The molecule has 1 aromatic heterocycles. The molecule has 0 radical (unpaired) electrons.